The van der Waals surface area contributed by atoms with Crippen LogP contribution in [-0.4, -0.2) is 24.3 Å². The summed E-state index contributed by atoms with van der Waals surface area (Å²) in [7, 11) is 0. The highest BCUT2D eigenvalue weighted by Crippen LogP contribution is 2.31. The molecule has 0 aliphatic rings. The van der Waals surface area contributed by atoms with Gasteiger partial charge in [0.1, 0.15) is 17.0 Å². The highest BCUT2D eigenvalue weighted by atomic mass is 15.1. The van der Waals surface area contributed by atoms with E-state index in [0.29, 0.717) is 5.95 Å². The van der Waals surface area contributed by atoms with Gasteiger partial charge in [-0.2, -0.15) is 0 Å². The van der Waals surface area contributed by atoms with Crippen molar-refractivity contribution in [1.29, 1.82) is 0 Å². The molecule has 1 N–H and O–H groups in total. The first-order valence-corrected chi connectivity index (χ1v) is 9.34. The van der Waals surface area contributed by atoms with Crippen molar-refractivity contribution in [3.05, 3.63) is 90.9 Å². The predicted octanol–water partition coefficient (Wildman–Crippen LogP) is 4.91. The van der Waals surface area contributed by atoms with Crippen LogP contribution in [0.1, 0.15) is 5.69 Å². The van der Waals surface area contributed by atoms with Gasteiger partial charge in [-0.05, 0) is 49.4 Å². The zero-order valence-electron chi connectivity index (χ0n) is 15.8. The van der Waals surface area contributed by atoms with Crippen molar-refractivity contribution >= 4 is 17.3 Å². The standard InChI is InChI=1S/C23H18N6/c1-16-8-7-11-18(25-16)21-22(29-15-6-5-12-20(29)28-21)19-13-14-24-23(27-19)26-17-9-3-2-4-10-17/h2-15H,1H3,(H,24,26,27). The number of hydrogen-bond donors (Lipinski definition) is 1. The molecule has 0 unspecified atom stereocenters. The fraction of sp³-hybridized carbons (Fsp3) is 0.0435. The van der Waals surface area contributed by atoms with E-state index < -0.39 is 0 Å². The Kier molecular flexibility index (Phi) is 4.22. The lowest BCUT2D eigenvalue weighted by atomic mass is 10.1. The maximum atomic E-state index is 4.83. The molecule has 0 atom stereocenters. The van der Waals surface area contributed by atoms with Gasteiger partial charge < -0.3 is 5.32 Å². The van der Waals surface area contributed by atoms with Crippen molar-refractivity contribution in [2.75, 3.05) is 5.32 Å². The molecule has 0 bridgehead atoms. The molecule has 0 saturated carbocycles. The first-order chi connectivity index (χ1) is 14.3. The van der Waals surface area contributed by atoms with E-state index in [9.17, 15) is 0 Å². The number of aromatic nitrogens is 5. The van der Waals surface area contributed by atoms with Gasteiger partial charge in [0.25, 0.3) is 0 Å². The molecule has 6 heteroatoms. The smallest absolute Gasteiger partial charge is 0.227 e. The molecule has 5 aromatic rings. The van der Waals surface area contributed by atoms with Gasteiger partial charge >= 0.3 is 0 Å². The van der Waals surface area contributed by atoms with E-state index in [2.05, 4.69) is 15.3 Å². The summed E-state index contributed by atoms with van der Waals surface area (Å²) in [5.74, 6) is 0.530. The fourth-order valence-electron chi connectivity index (χ4n) is 3.30. The third kappa shape index (κ3) is 3.32. The molecule has 6 nitrogen and oxygen atoms in total. The second-order valence-corrected chi connectivity index (χ2v) is 6.66. The summed E-state index contributed by atoms with van der Waals surface area (Å²) in [4.78, 5) is 18.6. The van der Waals surface area contributed by atoms with Gasteiger partial charge in [0.05, 0.1) is 11.4 Å². The van der Waals surface area contributed by atoms with E-state index in [1.165, 1.54) is 0 Å². The van der Waals surface area contributed by atoms with Crippen molar-refractivity contribution < 1.29 is 0 Å². The Morgan fingerprint density at radius 3 is 2.48 bits per heavy atom. The van der Waals surface area contributed by atoms with E-state index in [4.69, 9.17) is 9.97 Å². The first kappa shape index (κ1) is 17.1. The Morgan fingerprint density at radius 2 is 1.62 bits per heavy atom. The van der Waals surface area contributed by atoms with Gasteiger partial charge in [-0.15, -0.1) is 0 Å². The van der Waals surface area contributed by atoms with E-state index in [1.807, 2.05) is 90.3 Å². The molecule has 1 aromatic carbocycles. The van der Waals surface area contributed by atoms with Gasteiger partial charge in [0.2, 0.25) is 5.95 Å². The van der Waals surface area contributed by atoms with Gasteiger partial charge in [0, 0.05) is 23.8 Å². The predicted molar refractivity (Wildman–Crippen MR) is 114 cm³/mol. The third-order valence-electron chi connectivity index (χ3n) is 4.59. The van der Waals surface area contributed by atoms with E-state index in [-0.39, 0.29) is 0 Å². The SMILES string of the molecule is Cc1cccc(-c2nc3ccccn3c2-c2ccnc(Nc3ccccc3)n2)n1. The number of pyridine rings is 2. The van der Waals surface area contributed by atoms with E-state index in [0.717, 1.165) is 39.8 Å². The number of aryl methyl sites for hydroxylation is 1. The summed E-state index contributed by atoms with van der Waals surface area (Å²) in [5.41, 5.74) is 6.00. The maximum Gasteiger partial charge on any atom is 0.227 e. The van der Waals surface area contributed by atoms with Crippen LogP contribution in [0.2, 0.25) is 0 Å². The summed E-state index contributed by atoms with van der Waals surface area (Å²) >= 11 is 0. The Morgan fingerprint density at radius 1 is 0.759 bits per heavy atom. The van der Waals surface area contributed by atoms with Crippen LogP contribution in [-0.2, 0) is 0 Å². The van der Waals surface area contributed by atoms with Crippen molar-refractivity contribution in [3.8, 4) is 22.8 Å². The van der Waals surface area contributed by atoms with Crippen LogP contribution < -0.4 is 5.32 Å². The Bertz CT molecular complexity index is 1290. The van der Waals surface area contributed by atoms with E-state index >= 15 is 0 Å². The van der Waals surface area contributed by atoms with Crippen LogP contribution >= 0.6 is 0 Å². The number of nitrogens with zero attached hydrogens (tertiary/aromatic N) is 5. The van der Waals surface area contributed by atoms with Gasteiger partial charge in [0.15, 0.2) is 0 Å². The molecule has 0 spiro atoms. The van der Waals surface area contributed by atoms with Crippen molar-refractivity contribution in [3.63, 3.8) is 0 Å². The number of imidazole rings is 1. The lowest BCUT2D eigenvalue weighted by molar-refractivity contribution is 1.12. The molecule has 0 fully saturated rings. The quantitative estimate of drug-likeness (QED) is 0.481. The molecule has 0 amide bonds. The molecular formula is C23H18N6. The van der Waals surface area contributed by atoms with Crippen LogP contribution in [0.25, 0.3) is 28.4 Å². The monoisotopic (exact) mass is 378 g/mol. The molecule has 0 radical (unpaired) electrons. The number of hydrogen-bond acceptors (Lipinski definition) is 5. The zero-order chi connectivity index (χ0) is 19.6. The van der Waals surface area contributed by atoms with Crippen LogP contribution in [0.15, 0.2) is 85.2 Å². The largest absolute Gasteiger partial charge is 0.324 e. The molecule has 0 aliphatic carbocycles. The molecule has 0 aliphatic heterocycles. The Balaban J connectivity index is 1.67. The minimum absolute atomic E-state index is 0.530. The normalized spacial score (nSPS) is 10.9. The van der Waals surface area contributed by atoms with Crippen LogP contribution in [0.5, 0.6) is 0 Å². The number of anilines is 2. The maximum absolute atomic E-state index is 4.83. The summed E-state index contributed by atoms with van der Waals surface area (Å²) in [6.45, 7) is 1.98. The average Bonchev–Trinajstić information content (AvgIpc) is 3.14. The lowest BCUT2D eigenvalue weighted by Gasteiger charge is -2.08. The molecule has 0 saturated heterocycles. The fourth-order valence-corrected chi connectivity index (χ4v) is 3.30. The number of benzene rings is 1. The first-order valence-electron chi connectivity index (χ1n) is 9.34. The Hall–Kier alpha value is -4.06. The van der Waals surface area contributed by atoms with Crippen LogP contribution in [0, 0.1) is 6.92 Å². The second kappa shape index (κ2) is 7.16. The van der Waals surface area contributed by atoms with Crippen molar-refractivity contribution in [2.24, 2.45) is 0 Å². The zero-order valence-corrected chi connectivity index (χ0v) is 15.8. The molecule has 29 heavy (non-hydrogen) atoms. The highest BCUT2D eigenvalue weighted by Gasteiger charge is 2.18. The summed E-state index contributed by atoms with van der Waals surface area (Å²) in [5, 5.41) is 3.26. The molecular weight excluding hydrogens is 360 g/mol. The topological polar surface area (TPSA) is 68.0 Å². The summed E-state index contributed by atoms with van der Waals surface area (Å²) in [6, 6.07) is 23.6. The lowest BCUT2D eigenvalue weighted by Crippen LogP contribution is -1.99. The third-order valence-corrected chi connectivity index (χ3v) is 4.59. The van der Waals surface area contributed by atoms with Crippen LogP contribution in [0.4, 0.5) is 11.6 Å². The average molecular weight is 378 g/mol. The molecule has 4 heterocycles. The highest BCUT2D eigenvalue weighted by molar-refractivity contribution is 5.79. The summed E-state index contributed by atoms with van der Waals surface area (Å²) in [6.07, 6.45) is 3.74. The molecule has 4 aromatic heterocycles. The van der Waals surface area contributed by atoms with E-state index in [1.54, 1.807) is 6.20 Å². The number of nitrogens with one attached hydrogen (secondary N) is 1. The molecule has 140 valence electrons. The number of fused-ring (bicyclic) bond motifs is 1. The van der Waals surface area contributed by atoms with Crippen molar-refractivity contribution in [1.82, 2.24) is 24.3 Å². The second-order valence-electron chi connectivity index (χ2n) is 6.66. The van der Waals surface area contributed by atoms with Gasteiger partial charge in [-0.3, -0.25) is 9.38 Å². The minimum atomic E-state index is 0.530. The van der Waals surface area contributed by atoms with Gasteiger partial charge in [-0.25, -0.2) is 15.0 Å². The van der Waals surface area contributed by atoms with Crippen LogP contribution in [0.3, 0.4) is 0 Å². The van der Waals surface area contributed by atoms with Crippen molar-refractivity contribution in [2.45, 2.75) is 6.92 Å². The Labute approximate surface area is 168 Å². The number of para-hydroxylation sites is 1. The molecule has 5 rings (SSSR count). The minimum Gasteiger partial charge on any atom is -0.324 e. The summed E-state index contributed by atoms with van der Waals surface area (Å²) < 4.78 is 2.04. The number of rotatable bonds is 4. The van der Waals surface area contributed by atoms with Gasteiger partial charge in [-0.1, -0.05) is 30.3 Å².